The van der Waals surface area contributed by atoms with E-state index in [1.165, 1.54) is 18.2 Å². The van der Waals surface area contributed by atoms with Crippen molar-refractivity contribution < 1.29 is 9.90 Å². The van der Waals surface area contributed by atoms with E-state index in [2.05, 4.69) is 0 Å². The number of carbonyl (C=O) groups is 1. The van der Waals surface area contributed by atoms with Crippen LogP contribution in [0.4, 0.5) is 0 Å². The van der Waals surface area contributed by atoms with Crippen molar-refractivity contribution >= 4 is 28.4 Å². The number of halogens is 2. The number of hydrogen-bond donors (Lipinski definition) is 1. The van der Waals surface area contributed by atoms with Gasteiger partial charge in [0.25, 0.3) is 5.24 Å². The highest BCUT2D eigenvalue weighted by atomic mass is 35.5. The molecule has 0 aromatic heterocycles. The molecule has 0 unspecified atom stereocenters. The second kappa shape index (κ2) is 3.11. The predicted octanol–water partition coefficient (Wildman–Crippen LogP) is 2.42. The lowest BCUT2D eigenvalue weighted by molar-refractivity contribution is 0.108. The van der Waals surface area contributed by atoms with Crippen molar-refractivity contribution in [2.24, 2.45) is 0 Å². The van der Waals surface area contributed by atoms with Crippen LogP contribution in [0.2, 0.25) is 5.02 Å². The van der Waals surface area contributed by atoms with Gasteiger partial charge in [-0.1, -0.05) is 11.6 Å². The first-order valence-electron chi connectivity index (χ1n) is 2.79. The molecule has 0 amide bonds. The molecule has 0 aliphatic carbocycles. The van der Waals surface area contributed by atoms with Gasteiger partial charge in [0, 0.05) is 5.56 Å². The monoisotopic (exact) mass is 190 g/mol. The summed E-state index contributed by atoms with van der Waals surface area (Å²) in [5.41, 5.74) is 0.273. The molecule has 0 aliphatic rings. The van der Waals surface area contributed by atoms with Crippen molar-refractivity contribution in [1.82, 2.24) is 0 Å². The standard InChI is InChI=1S/C7H4Cl2O2/c8-5-3-4(7(9)11)1-2-6(5)10/h1-3,10H. The Morgan fingerprint density at radius 2 is 2.09 bits per heavy atom. The summed E-state index contributed by atoms with van der Waals surface area (Å²) in [5.74, 6) is -0.0617. The van der Waals surface area contributed by atoms with E-state index in [-0.39, 0.29) is 16.3 Å². The maximum Gasteiger partial charge on any atom is 0.252 e. The number of aromatic hydroxyl groups is 1. The van der Waals surface area contributed by atoms with Crippen LogP contribution in [0.15, 0.2) is 18.2 Å². The Morgan fingerprint density at radius 1 is 1.45 bits per heavy atom. The summed E-state index contributed by atoms with van der Waals surface area (Å²) < 4.78 is 0. The van der Waals surface area contributed by atoms with Crippen LogP contribution in [0.3, 0.4) is 0 Å². The van der Waals surface area contributed by atoms with Crippen LogP contribution in [0.1, 0.15) is 10.4 Å². The molecule has 0 saturated heterocycles. The number of rotatable bonds is 1. The van der Waals surface area contributed by atoms with Crippen LogP contribution in [0.5, 0.6) is 5.75 Å². The second-order valence-corrected chi connectivity index (χ2v) is 2.69. The van der Waals surface area contributed by atoms with Crippen molar-refractivity contribution in [3.8, 4) is 5.75 Å². The van der Waals surface area contributed by atoms with Gasteiger partial charge < -0.3 is 5.11 Å². The van der Waals surface area contributed by atoms with Gasteiger partial charge in [0.2, 0.25) is 0 Å². The molecule has 0 aliphatic heterocycles. The molecule has 1 aromatic carbocycles. The van der Waals surface area contributed by atoms with Gasteiger partial charge in [0.1, 0.15) is 5.75 Å². The SMILES string of the molecule is O=C(Cl)c1ccc(O)c(Cl)c1. The zero-order valence-electron chi connectivity index (χ0n) is 5.34. The molecular weight excluding hydrogens is 187 g/mol. The van der Waals surface area contributed by atoms with E-state index < -0.39 is 5.24 Å². The summed E-state index contributed by atoms with van der Waals surface area (Å²) >= 11 is 10.6. The Balaban J connectivity index is 3.15. The molecule has 0 bridgehead atoms. The Labute approximate surface area is 73.4 Å². The van der Waals surface area contributed by atoms with Gasteiger partial charge in [-0.3, -0.25) is 4.79 Å². The fourth-order valence-electron chi connectivity index (χ4n) is 0.629. The highest BCUT2D eigenvalue weighted by molar-refractivity contribution is 6.67. The molecule has 1 aromatic rings. The Kier molecular flexibility index (Phi) is 2.37. The molecule has 0 radical (unpaired) electrons. The first kappa shape index (κ1) is 8.37. The van der Waals surface area contributed by atoms with Crippen LogP contribution < -0.4 is 0 Å². The average molecular weight is 191 g/mol. The molecule has 0 atom stereocenters. The van der Waals surface area contributed by atoms with E-state index in [1.54, 1.807) is 0 Å². The minimum absolute atomic E-state index is 0.0617. The molecule has 0 saturated carbocycles. The van der Waals surface area contributed by atoms with Gasteiger partial charge in [-0.15, -0.1) is 0 Å². The van der Waals surface area contributed by atoms with Gasteiger partial charge in [-0.25, -0.2) is 0 Å². The highest BCUT2D eigenvalue weighted by Crippen LogP contribution is 2.24. The summed E-state index contributed by atoms with van der Waals surface area (Å²) in [5, 5.41) is 8.47. The van der Waals surface area contributed by atoms with Crippen LogP contribution >= 0.6 is 23.2 Å². The third kappa shape index (κ3) is 1.85. The number of phenolic OH excluding ortho intramolecular Hbond substituents is 1. The lowest BCUT2D eigenvalue weighted by Crippen LogP contribution is -1.86. The van der Waals surface area contributed by atoms with Crippen LogP contribution in [0, 0.1) is 0 Å². The van der Waals surface area contributed by atoms with Gasteiger partial charge >= 0.3 is 0 Å². The fraction of sp³-hybridized carbons (Fsp3) is 0. The van der Waals surface area contributed by atoms with Crippen LogP contribution in [-0.4, -0.2) is 10.3 Å². The smallest absolute Gasteiger partial charge is 0.252 e. The highest BCUT2D eigenvalue weighted by Gasteiger charge is 2.04. The zero-order valence-corrected chi connectivity index (χ0v) is 6.86. The lowest BCUT2D eigenvalue weighted by Gasteiger charge is -1.96. The Bertz CT molecular complexity index is 296. The van der Waals surface area contributed by atoms with Crippen LogP contribution in [0.25, 0.3) is 0 Å². The van der Waals surface area contributed by atoms with E-state index in [4.69, 9.17) is 28.3 Å². The fourth-order valence-corrected chi connectivity index (χ4v) is 0.927. The predicted molar refractivity (Wildman–Crippen MR) is 43.3 cm³/mol. The quantitative estimate of drug-likeness (QED) is 0.692. The second-order valence-electron chi connectivity index (χ2n) is 1.94. The van der Waals surface area contributed by atoms with E-state index in [9.17, 15) is 4.79 Å². The molecule has 11 heavy (non-hydrogen) atoms. The molecule has 0 fully saturated rings. The minimum Gasteiger partial charge on any atom is -0.506 e. The maximum atomic E-state index is 10.5. The van der Waals surface area contributed by atoms with Crippen molar-refractivity contribution in [1.29, 1.82) is 0 Å². The topological polar surface area (TPSA) is 37.3 Å². The number of carbonyl (C=O) groups excluding carboxylic acids is 1. The van der Waals surface area contributed by atoms with E-state index >= 15 is 0 Å². The Hall–Kier alpha value is -0.730. The van der Waals surface area contributed by atoms with Gasteiger partial charge in [-0.05, 0) is 29.8 Å². The van der Waals surface area contributed by atoms with Gasteiger partial charge in [-0.2, -0.15) is 0 Å². The normalized spacial score (nSPS) is 9.64. The first-order valence-corrected chi connectivity index (χ1v) is 3.55. The lowest BCUT2D eigenvalue weighted by atomic mass is 10.2. The molecule has 1 rings (SSSR count). The number of hydrogen-bond acceptors (Lipinski definition) is 2. The number of benzene rings is 1. The van der Waals surface area contributed by atoms with Crippen molar-refractivity contribution in [3.63, 3.8) is 0 Å². The van der Waals surface area contributed by atoms with E-state index in [0.717, 1.165) is 0 Å². The third-order valence-electron chi connectivity index (χ3n) is 1.17. The van der Waals surface area contributed by atoms with Crippen molar-refractivity contribution in [3.05, 3.63) is 28.8 Å². The summed E-state index contributed by atoms with van der Waals surface area (Å²) in [7, 11) is 0. The number of phenols is 1. The minimum atomic E-state index is -0.591. The molecule has 58 valence electrons. The van der Waals surface area contributed by atoms with E-state index in [0.29, 0.717) is 0 Å². The van der Waals surface area contributed by atoms with Gasteiger partial charge in [0.15, 0.2) is 0 Å². The molecular formula is C7H4Cl2O2. The molecule has 0 heterocycles. The third-order valence-corrected chi connectivity index (χ3v) is 1.70. The maximum absolute atomic E-state index is 10.5. The largest absolute Gasteiger partial charge is 0.506 e. The van der Waals surface area contributed by atoms with Gasteiger partial charge in [0.05, 0.1) is 5.02 Å². The molecule has 2 nitrogen and oxygen atoms in total. The van der Waals surface area contributed by atoms with Crippen molar-refractivity contribution in [2.75, 3.05) is 0 Å². The summed E-state index contributed by atoms with van der Waals surface area (Å²) in [6, 6.07) is 4.03. The summed E-state index contributed by atoms with van der Waals surface area (Å²) in [6.07, 6.45) is 0. The summed E-state index contributed by atoms with van der Waals surface area (Å²) in [6.45, 7) is 0. The Morgan fingerprint density at radius 3 is 2.55 bits per heavy atom. The van der Waals surface area contributed by atoms with Crippen LogP contribution in [-0.2, 0) is 0 Å². The van der Waals surface area contributed by atoms with Crippen molar-refractivity contribution in [2.45, 2.75) is 0 Å². The zero-order chi connectivity index (χ0) is 8.43. The molecule has 4 heteroatoms. The first-order chi connectivity index (χ1) is 5.11. The molecule has 1 N–H and O–H groups in total. The van der Waals surface area contributed by atoms with E-state index in [1.807, 2.05) is 0 Å². The summed E-state index contributed by atoms with van der Waals surface area (Å²) in [4.78, 5) is 10.5. The molecule has 0 spiro atoms. The average Bonchev–Trinajstić information content (AvgIpc) is 1.94.